The molecule has 0 amide bonds. The Labute approximate surface area is 251 Å². The molecule has 1 aromatic heterocycles. The lowest BCUT2D eigenvalue weighted by atomic mass is 10.2. The van der Waals surface area contributed by atoms with Crippen LogP contribution >= 0.6 is 11.6 Å². The first-order valence-corrected chi connectivity index (χ1v) is 14.8. The van der Waals surface area contributed by atoms with Crippen molar-refractivity contribution in [2.75, 3.05) is 41.8 Å². The van der Waals surface area contributed by atoms with Gasteiger partial charge in [0.15, 0.2) is 5.82 Å². The van der Waals surface area contributed by atoms with Gasteiger partial charge >= 0.3 is 0 Å². The summed E-state index contributed by atoms with van der Waals surface area (Å²) < 4.78 is 82.7. The summed E-state index contributed by atoms with van der Waals surface area (Å²) in [7, 11) is -1.87. The zero-order valence-corrected chi connectivity index (χ0v) is 24.6. The van der Waals surface area contributed by atoms with Gasteiger partial charge in [0, 0.05) is 30.8 Å². The van der Waals surface area contributed by atoms with Gasteiger partial charge in [-0.05, 0) is 49.2 Å². The molecule has 0 atom stereocenters. The van der Waals surface area contributed by atoms with Crippen molar-refractivity contribution in [2.45, 2.75) is 17.9 Å². The molecule has 225 valence electrons. The highest BCUT2D eigenvalue weighted by molar-refractivity contribution is 7.92. The molecule has 3 aromatic carbocycles. The number of benzene rings is 3. The molecule has 9 nitrogen and oxygen atoms in total. The van der Waals surface area contributed by atoms with Crippen LogP contribution in [-0.4, -0.2) is 45.7 Å². The van der Waals surface area contributed by atoms with Crippen molar-refractivity contribution in [2.24, 2.45) is 0 Å². The number of sulfonamides is 1. The molecular formula is C29H26ClF3N5O4S. The van der Waals surface area contributed by atoms with E-state index in [-0.39, 0.29) is 16.5 Å². The minimum absolute atomic E-state index is 0.0653. The smallest absolute Gasteiger partial charge is 0.269 e. The summed E-state index contributed by atoms with van der Waals surface area (Å²) in [5.41, 5.74) is 1.44. The van der Waals surface area contributed by atoms with Crippen LogP contribution in [0.15, 0.2) is 65.8 Å². The number of nitrogens with zero attached hydrogens (tertiary/aromatic N) is 4. The maximum absolute atomic E-state index is 15.7. The van der Waals surface area contributed by atoms with Crippen LogP contribution in [0, 0.1) is 23.9 Å². The highest BCUT2D eigenvalue weighted by Gasteiger charge is 2.32. The lowest BCUT2D eigenvalue weighted by Crippen LogP contribution is -2.33. The summed E-state index contributed by atoms with van der Waals surface area (Å²) in [6.07, 6.45) is 4.48. The summed E-state index contributed by atoms with van der Waals surface area (Å²) in [5.74, 6) is -2.02. The van der Waals surface area contributed by atoms with Crippen molar-refractivity contribution in [1.82, 2.24) is 9.97 Å². The molecule has 1 aliphatic heterocycles. The first kappa shape index (κ1) is 30.2. The SMILES string of the molecule is COc1ccc(CN(c2ncc(F)cn2)S(=O)(=O)c2cc(Cl)c(Nc3ccc(F)cc3N3C[CH]CC3)cc2F)c(OC)c1. The fourth-order valence-corrected chi connectivity index (χ4v) is 6.30. The predicted molar refractivity (Wildman–Crippen MR) is 157 cm³/mol. The van der Waals surface area contributed by atoms with Gasteiger partial charge in [-0.3, -0.25) is 0 Å². The number of anilines is 4. The Morgan fingerprint density at radius 2 is 1.74 bits per heavy atom. The first-order chi connectivity index (χ1) is 20.6. The van der Waals surface area contributed by atoms with Crippen LogP contribution in [0.25, 0.3) is 0 Å². The maximum Gasteiger partial charge on any atom is 0.269 e. The van der Waals surface area contributed by atoms with Crippen molar-refractivity contribution in [3.05, 3.63) is 95.4 Å². The van der Waals surface area contributed by atoms with Crippen LogP contribution < -0.4 is 24.0 Å². The Morgan fingerprint density at radius 1 is 0.977 bits per heavy atom. The van der Waals surface area contributed by atoms with E-state index in [1.165, 1.54) is 32.4 Å². The van der Waals surface area contributed by atoms with Crippen LogP contribution in [-0.2, 0) is 16.6 Å². The van der Waals surface area contributed by atoms with Crippen LogP contribution in [0.3, 0.4) is 0 Å². The average Bonchev–Trinajstić information content (AvgIpc) is 3.54. The second-order valence-electron chi connectivity index (χ2n) is 9.46. The molecule has 0 spiro atoms. The number of methoxy groups -OCH3 is 2. The summed E-state index contributed by atoms with van der Waals surface area (Å²) in [4.78, 5) is 8.83. The van der Waals surface area contributed by atoms with E-state index in [0.29, 0.717) is 35.8 Å². The number of nitrogens with one attached hydrogen (secondary N) is 1. The van der Waals surface area contributed by atoms with E-state index < -0.39 is 44.9 Å². The van der Waals surface area contributed by atoms with Crippen molar-refractivity contribution < 1.29 is 31.1 Å². The highest BCUT2D eigenvalue weighted by atomic mass is 35.5. The highest BCUT2D eigenvalue weighted by Crippen LogP contribution is 2.37. The van der Waals surface area contributed by atoms with Gasteiger partial charge in [0.25, 0.3) is 10.0 Å². The Hall–Kier alpha value is -4.23. The van der Waals surface area contributed by atoms with E-state index in [1.807, 2.05) is 4.90 Å². The second kappa shape index (κ2) is 12.6. The van der Waals surface area contributed by atoms with Gasteiger partial charge in [0.05, 0.1) is 55.2 Å². The molecule has 0 aliphatic carbocycles. The third-order valence-corrected chi connectivity index (χ3v) is 8.80. The van der Waals surface area contributed by atoms with E-state index >= 15 is 4.39 Å². The number of aromatic nitrogens is 2. The molecule has 14 heteroatoms. The molecule has 1 saturated heterocycles. The Bertz CT molecular complexity index is 1740. The van der Waals surface area contributed by atoms with Crippen molar-refractivity contribution in [1.29, 1.82) is 0 Å². The van der Waals surface area contributed by atoms with Gasteiger partial charge in [0.1, 0.15) is 28.0 Å². The lowest BCUT2D eigenvalue weighted by Gasteiger charge is -2.25. The number of halogens is 4. The molecule has 1 fully saturated rings. The number of hydrogen-bond donors (Lipinski definition) is 1. The van der Waals surface area contributed by atoms with Crippen LogP contribution in [0.2, 0.25) is 5.02 Å². The first-order valence-electron chi connectivity index (χ1n) is 12.9. The standard InChI is InChI=1S/C29H26ClF3N5O4S/c1-41-21-7-5-18(27(12-21)42-2)17-38(29-34-15-20(32)16-35-29)43(39,40)28-13-22(30)25(14-23(28)33)36-24-8-6-19(31)11-26(24)37-9-3-4-10-37/h3,5-8,11-16,36H,4,9-10,17H2,1-2H3. The molecule has 5 rings (SSSR count). The van der Waals surface area contributed by atoms with Crippen molar-refractivity contribution >= 4 is 44.6 Å². The molecule has 1 N–H and O–H groups in total. The third-order valence-electron chi connectivity index (χ3n) is 6.75. The predicted octanol–water partition coefficient (Wildman–Crippen LogP) is 6.12. The fraction of sp³-hybridized carbons (Fsp3) is 0.207. The van der Waals surface area contributed by atoms with Crippen molar-refractivity contribution in [3.63, 3.8) is 0 Å². The zero-order chi connectivity index (χ0) is 30.7. The summed E-state index contributed by atoms with van der Waals surface area (Å²) in [6.45, 7) is 0.888. The molecule has 4 aromatic rings. The minimum atomic E-state index is -4.73. The summed E-state index contributed by atoms with van der Waals surface area (Å²) >= 11 is 6.49. The number of hydrogen-bond acceptors (Lipinski definition) is 8. The normalized spacial score (nSPS) is 13.2. The summed E-state index contributed by atoms with van der Waals surface area (Å²) in [5, 5.41) is 2.88. The largest absolute Gasteiger partial charge is 0.497 e. The molecule has 2 heterocycles. The Morgan fingerprint density at radius 3 is 2.42 bits per heavy atom. The van der Waals surface area contributed by atoms with Crippen LogP contribution in [0.4, 0.5) is 36.2 Å². The zero-order valence-electron chi connectivity index (χ0n) is 23.0. The topological polar surface area (TPSA) is 96.9 Å². The van der Waals surface area contributed by atoms with Crippen molar-refractivity contribution in [3.8, 4) is 11.5 Å². The van der Waals surface area contributed by atoms with Gasteiger partial charge < -0.3 is 19.7 Å². The van der Waals surface area contributed by atoms with Gasteiger partial charge in [-0.15, -0.1) is 0 Å². The number of ether oxygens (including phenoxy) is 2. The quantitative estimate of drug-likeness (QED) is 0.223. The average molecular weight is 633 g/mol. The number of rotatable bonds is 10. The van der Waals surface area contributed by atoms with Gasteiger partial charge in [0.2, 0.25) is 5.95 Å². The van der Waals surface area contributed by atoms with E-state index in [9.17, 15) is 17.2 Å². The third kappa shape index (κ3) is 6.42. The van der Waals surface area contributed by atoms with E-state index in [0.717, 1.165) is 35.3 Å². The summed E-state index contributed by atoms with van der Waals surface area (Å²) in [6, 6.07) is 10.7. The fourth-order valence-electron chi connectivity index (χ4n) is 4.60. The molecule has 43 heavy (non-hydrogen) atoms. The lowest BCUT2D eigenvalue weighted by molar-refractivity contribution is 0.391. The molecule has 0 bridgehead atoms. The van der Waals surface area contributed by atoms with Gasteiger partial charge in [-0.2, -0.15) is 0 Å². The maximum atomic E-state index is 15.7. The Kier molecular flexibility index (Phi) is 8.83. The van der Waals surface area contributed by atoms with E-state index in [1.54, 1.807) is 18.2 Å². The monoisotopic (exact) mass is 632 g/mol. The molecule has 1 aliphatic rings. The van der Waals surface area contributed by atoms with E-state index in [2.05, 4.69) is 21.7 Å². The molecular weight excluding hydrogens is 607 g/mol. The van der Waals surface area contributed by atoms with Gasteiger partial charge in [-0.1, -0.05) is 11.6 Å². The minimum Gasteiger partial charge on any atom is -0.497 e. The Balaban J connectivity index is 1.53. The van der Waals surface area contributed by atoms with E-state index in [4.69, 9.17) is 21.1 Å². The van der Waals surface area contributed by atoms with Crippen LogP contribution in [0.5, 0.6) is 11.5 Å². The molecule has 0 unspecified atom stereocenters. The second-order valence-corrected chi connectivity index (χ2v) is 11.7. The molecule has 1 radical (unpaired) electrons. The molecule has 0 saturated carbocycles. The van der Waals surface area contributed by atoms with Crippen LogP contribution in [0.1, 0.15) is 12.0 Å². The van der Waals surface area contributed by atoms with Gasteiger partial charge in [-0.25, -0.2) is 35.9 Å².